The van der Waals surface area contributed by atoms with Crippen molar-refractivity contribution in [2.75, 3.05) is 6.61 Å². The lowest BCUT2D eigenvalue weighted by Crippen LogP contribution is -2.39. The van der Waals surface area contributed by atoms with Crippen LogP contribution in [0.15, 0.2) is 5.16 Å². The maximum Gasteiger partial charge on any atom is 0.197 e. The molecule has 94 valence electrons. The Bertz CT molecular complexity index is 409. The average Bonchev–Trinajstić information content (AvgIpc) is 2.63. The van der Waals surface area contributed by atoms with Gasteiger partial charge in [-0.2, -0.15) is 0 Å². The van der Waals surface area contributed by atoms with Crippen molar-refractivity contribution in [3.8, 4) is 0 Å². The van der Waals surface area contributed by atoms with Crippen LogP contribution in [0.2, 0.25) is 0 Å². The van der Waals surface area contributed by atoms with Crippen molar-refractivity contribution in [2.24, 2.45) is 5.16 Å². The molecule has 0 bridgehead atoms. The average molecular weight is 241 g/mol. The van der Waals surface area contributed by atoms with Crippen LogP contribution in [0.5, 0.6) is 0 Å². The summed E-state index contributed by atoms with van der Waals surface area (Å²) in [5.74, 6) is -1.04. The third-order valence-corrected chi connectivity index (χ3v) is 3.69. The quantitative estimate of drug-likeness (QED) is 0.622. The SMILES string of the molecule is CC1(C)OC[C@H](C2=NO[C@H]3[C@H]2O[C@]2(C)O[C@@H]32)O1. The fraction of sp³-hybridized carbons (Fsp3) is 0.909. The van der Waals surface area contributed by atoms with E-state index in [1.807, 2.05) is 20.8 Å². The van der Waals surface area contributed by atoms with Crippen LogP contribution in [0, 0.1) is 0 Å². The second-order valence-corrected chi connectivity index (χ2v) is 5.50. The Morgan fingerprint density at radius 1 is 1.18 bits per heavy atom. The van der Waals surface area contributed by atoms with Gasteiger partial charge in [0.05, 0.1) is 6.61 Å². The van der Waals surface area contributed by atoms with Gasteiger partial charge in [0.15, 0.2) is 23.8 Å². The van der Waals surface area contributed by atoms with Gasteiger partial charge in [-0.05, 0) is 20.8 Å². The maximum atomic E-state index is 5.83. The highest BCUT2D eigenvalue weighted by atomic mass is 16.8. The van der Waals surface area contributed by atoms with Crippen LogP contribution in [0.3, 0.4) is 0 Å². The Morgan fingerprint density at radius 3 is 2.71 bits per heavy atom. The Hall–Kier alpha value is -0.690. The summed E-state index contributed by atoms with van der Waals surface area (Å²) in [6, 6.07) is 0. The lowest BCUT2D eigenvalue weighted by Gasteiger charge is -2.19. The summed E-state index contributed by atoms with van der Waals surface area (Å²) in [5.41, 5.74) is 0.789. The number of hydrogen-bond acceptors (Lipinski definition) is 6. The number of fused-ring (bicyclic) bond motifs is 3. The fourth-order valence-corrected chi connectivity index (χ4v) is 2.74. The Labute approximate surface area is 98.8 Å². The van der Waals surface area contributed by atoms with Crippen molar-refractivity contribution in [3.63, 3.8) is 0 Å². The number of hydrogen-bond donors (Lipinski definition) is 0. The monoisotopic (exact) mass is 241 g/mol. The van der Waals surface area contributed by atoms with E-state index in [4.69, 9.17) is 23.8 Å². The van der Waals surface area contributed by atoms with Crippen LogP contribution >= 0.6 is 0 Å². The smallest absolute Gasteiger partial charge is 0.197 e. The van der Waals surface area contributed by atoms with E-state index >= 15 is 0 Å². The van der Waals surface area contributed by atoms with Crippen LogP contribution < -0.4 is 0 Å². The first-order valence-corrected chi connectivity index (χ1v) is 5.90. The highest BCUT2D eigenvalue weighted by Gasteiger charge is 2.72. The minimum atomic E-state index is -0.562. The molecule has 5 atom stereocenters. The zero-order valence-electron chi connectivity index (χ0n) is 10.0. The number of oxime groups is 1. The van der Waals surface area contributed by atoms with Gasteiger partial charge in [0.25, 0.3) is 0 Å². The number of rotatable bonds is 1. The predicted molar refractivity (Wildman–Crippen MR) is 55.4 cm³/mol. The molecule has 0 N–H and O–H groups in total. The van der Waals surface area contributed by atoms with Gasteiger partial charge in [0.2, 0.25) is 0 Å². The lowest BCUT2D eigenvalue weighted by molar-refractivity contribution is -0.132. The maximum absolute atomic E-state index is 5.83. The highest BCUT2D eigenvalue weighted by molar-refractivity contribution is 5.95. The zero-order valence-corrected chi connectivity index (χ0v) is 10.0. The van der Waals surface area contributed by atoms with Crippen LogP contribution in [0.25, 0.3) is 0 Å². The standard InChI is InChI=1S/C11H15NO5/c1-10(2)13-4-5(14-10)6-7-8(17-12-6)9-11(3,15-7)16-9/h5,7-9H,4H2,1-3H3/t5-,7+,8+,9+,11-/m1/s1. The van der Waals surface area contributed by atoms with E-state index in [9.17, 15) is 0 Å². The van der Waals surface area contributed by atoms with Crippen LogP contribution in [0.4, 0.5) is 0 Å². The zero-order chi connectivity index (χ0) is 11.8. The molecule has 0 amide bonds. The third kappa shape index (κ3) is 1.32. The topological polar surface area (TPSA) is 61.8 Å². The molecule has 6 heteroatoms. The minimum Gasteiger partial charge on any atom is -0.386 e. The molecule has 4 rings (SSSR count). The summed E-state index contributed by atoms with van der Waals surface area (Å²) in [6.45, 7) is 6.19. The minimum absolute atomic E-state index is 0.00378. The van der Waals surface area contributed by atoms with Crippen LogP contribution in [-0.4, -0.2) is 48.3 Å². The second-order valence-electron chi connectivity index (χ2n) is 5.50. The predicted octanol–water partition coefficient (Wildman–Crippen LogP) is 0.406. The third-order valence-electron chi connectivity index (χ3n) is 3.69. The van der Waals surface area contributed by atoms with Gasteiger partial charge in [-0.3, -0.25) is 0 Å². The van der Waals surface area contributed by atoms with E-state index in [1.165, 1.54) is 0 Å². The normalized spacial score (nSPS) is 53.9. The largest absolute Gasteiger partial charge is 0.386 e. The molecule has 17 heavy (non-hydrogen) atoms. The van der Waals surface area contributed by atoms with E-state index in [2.05, 4.69) is 5.16 Å². The molecule has 0 aromatic carbocycles. The van der Waals surface area contributed by atoms with Crippen LogP contribution in [-0.2, 0) is 23.8 Å². The summed E-state index contributed by atoms with van der Waals surface area (Å²) in [4.78, 5) is 5.39. The van der Waals surface area contributed by atoms with E-state index in [1.54, 1.807) is 0 Å². The van der Waals surface area contributed by atoms with Gasteiger partial charge in [0, 0.05) is 0 Å². The van der Waals surface area contributed by atoms with Gasteiger partial charge < -0.3 is 23.8 Å². The van der Waals surface area contributed by atoms with Gasteiger partial charge in [-0.15, -0.1) is 0 Å². The van der Waals surface area contributed by atoms with Crippen molar-refractivity contribution < 1.29 is 23.8 Å². The Balaban J connectivity index is 1.54. The van der Waals surface area contributed by atoms with Crippen molar-refractivity contribution in [2.45, 2.75) is 56.8 Å². The molecule has 0 aliphatic carbocycles. The molecule has 3 fully saturated rings. The summed E-state index contributed by atoms with van der Waals surface area (Å²) >= 11 is 0. The summed E-state index contributed by atoms with van der Waals surface area (Å²) in [5, 5.41) is 4.08. The molecule has 4 aliphatic rings. The molecule has 0 spiro atoms. The van der Waals surface area contributed by atoms with E-state index in [0.29, 0.717) is 6.61 Å². The Kier molecular flexibility index (Phi) is 1.70. The lowest BCUT2D eigenvalue weighted by atomic mass is 10.0. The van der Waals surface area contributed by atoms with Gasteiger partial charge in [0.1, 0.15) is 17.9 Å². The first-order valence-electron chi connectivity index (χ1n) is 5.90. The molecule has 4 aliphatic heterocycles. The van der Waals surface area contributed by atoms with Gasteiger partial charge >= 0.3 is 0 Å². The molecule has 4 heterocycles. The molecule has 0 aromatic heterocycles. The summed E-state index contributed by atoms with van der Waals surface area (Å²) in [7, 11) is 0. The summed E-state index contributed by atoms with van der Waals surface area (Å²) < 4.78 is 22.5. The molecule has 6 nitrogen and oxygen atoms in total. The molecule has 0 unspecified atom stereocenters. The highest BCUT2D eigenvalue weighted by Crippen LogP contribution is 2.51. The molecule has 0 saturated carbocycles. The number of ether oxygens (including phenoxy) is 4. The van der Waals surface area contributed by atoms with Crippen molar-refractivity contribution in [3.05, 3.63) is 0 Å². The van der Waals surface area contributed by atoms with E-state index < -0.39 is 11.6 Å². The second kappa shape index (κ2) is 2.83. The molecular weight excluding hydrogens is 226 g/mol. The number of epoxide rings is 1. The Morgan fingerprint density at radius 2 is 2.00 bits per heavy atom. The van der Waals surface area contributed by atoms with Gasteiger partial charge in [-0.25, -0.2) is 0 Å². The van der Waals surface area contributed by atoms with Gasteiger partial charge in [-0.1, -0.05) is 5.16 Å². The molecular formula is C11H15NO5. The van der Waals surface area contributed by atoms with Crippen LogP contribution in [0.1, 0.15) is 20.8 Å². The number of nitrogens with zero attached hydrogens (tertiary/aromatic N) is 1. The van der Waals surface area contributed by atoms with E-state index in [-0.39, 0.29) is 24.4 Å². The summed E-state index contributed by atoms with van der Waals surface area (Å²) in [6.07, 6.45) is -0.450. The first-order chi connectivity index (χ1) is 7.99. The fourth-order valence-electron chi connectivity index (χ4n) is 2.74. The molecule has 0 aromatic rings. The van der Waals surface area contributed by atoms with E-state index in [0.717, 1.165) is 5.71 Å². The first kappa shape index (κ1) is 10.3. The van der Waals surface area contributed by atoms with Crippen molar-refractivity contribution in [1.82, 2.24) is 0 Å². The van der Waals surface area contributed by atoms with Crippen molar-refractivity contribution in [1.29, 1.82) is 0 Å². The molecule has 3 saturated heterocycles. The molecule has 0 radical (unpaired) electrons. The van der Waals surface area contributed by atoms with Crippen molar-refractivity contribution >= 4 is 5.71 Å².